The highest BCUT2D eigenvalue weighted by molar-refractivity contribution is 7.80. The number of thiocarbonyl (C=S) groups is 1. The molecule has 0 amide bonds. The minimum Gasteiger partial charge on any atom is -0.490 e. The summed E-state index contributed by atoms with van der Waals surface area (Å²) in [6.07, 6.45) is 1.66. The maximum atomic E-state index is 6.16. The van der Waals surface area contributed by atoms with Gasteiger partial charge in [-0.3, -0.25) is 5.43 Å². The number of ether oxygens (including phenoxy) is 2. The first-order chi connectivity index (χ1) is 12.1. The van der Waals surface area contributed by atoms with Crippen LogP contribution in [0.3, 0.4) is 0 Å². The molecule has 0 atom stereocenters. The van der Waals surface area contributed by atoms with E-state index in [4.69, 9.17) is 33.3 Å². The SMILES string of the molecule is CCOc1cc(/C=N\NC(=S)NC)ccc1OCc1ccccc1Cl. The highest BCUT2D eigenvalue weighted by Gasteiger charge is 2.07. The summed E-state index contributed by atoms with van der Waals surface area (Å²) < 4.78 is 11.5. The fourth-order valence-electron chi connectivity index (χ4n) is 1.98. The Morgan fingerprint density at radius 1 is 1.20 bits per heavy atom. The predicted octanol–water partition coefficient (Wildman–Crippen LogP) is 3.75. The first-order valence-corrected chi connectivity index (χ1v) is 8.56. The Morgan fingerprint density at radius 3 is 2.72 bits per heavy atom. The third-order valence-electron chi connectivity index (χ3n) is 3.22. The van der Waals surface area contributed by atoms with Crippen LogP contribution in [0.25, 0.3) is 0 Å². The summed E-state index contributed by atoms with van der Waals surface area (Å²) in [5.41, 5.74) is 4.48. The summed E-state index contributed by atoms with van der Waals surface area (Å²) in [7, 11) is 1.73. The Kier molecular flexibility index (Phi) is 7.50. The summed E-state index contributed by atoms with van der Waals surface area (Å²) >= 11 is 11.1. The van der Waals surface area contributed by atoms with E-state index in [1.165, 1.54) is 0 Å². The molecule has 2 aromatic rings. The van der Waals surface area contributed by atoms with Crippen LogP contribution in [0.5, 0.6) is 11.5 Å². The van der Waals surface area contributed by atoms with Gasteiger partial charge in [0.25, 0.3) is 0 Å². The maximum Gasteiger partial charge on any atom is 0.186 e. The molecule has 0 aliphatic rings. The molecule has 0 aliphatic heterocycles. The summed E-state index contributed by atoms with van der Waals surface area (Å²) in [5, 5.41) is 7.96. The number of benzene rings is 2. The third-order valence-corrected chi connectivity index (χ3v) is 3.88. The lowest BCUT2D eigenvalue weighted by Gasteiger charge is -2.13. The molecule has 0 radical (unpaired) electrons. The van der Waals surface area contributed by atoms with Gasteiger partial charge in [0.1, 0.15) is 6.61 Å². The normalized spacial score (nSPS) is 10.5. The minimum absolute atomic E-state index is 0.366. The lowest BCUT2D eigenvalue weighted by Crippen LogP contribution is -2.28. The van der Waals surface area contributed by atoms with Crippen molar-refractivity contribution in [1.82, 2.24) is 10.7 Å². The van der Waals surface area contributed by atoms with E-state index in [1.54, 1.807) is 13.3 Å². The molecule has 0 saturated carbocycles. The molecule has 0 saturated heterocycles. The largest absolute Gasteiger partial charge is 0.490 e. The van der Waals surface area contributed by atoms with Crippen molar-refractivity contribution in [3.63, 3.8) is 0 Å². The quantitative estimate of drug-likeness (QED) is 0.437. The van der Waals surface area contributed by atoms with Crippen LogP contribution in [0, 0.1) is 0 Å². The van der Waals surface area contributed by atoms with Gasteiger partial charge >= 0.3 is 0 Å². The Hall–Kier alpha value is -2.31. The molecule has 5 nitrogen and oxygen atoms in total. The van der Waals surface area contributed by atoms with E-state index in [-0.39, 0.29) is 0 Å². The van der Waals surface area contributed by atoms with Crippen molar-refractivity contribution >= 4 is 35.1 Å². The zero-order valence-corrected chi connectivity index (χ0v) is 15.7. The highest BCUT2D eigenvalue weighted by atomic mass is 35.5. The molecule has 0 unspecified atom stereocenters. The molecule has 0 aliphatic carbocycles. The molecule has 132 valence electrons. The highest BCUT2D eigenvalue weighted by Crippen LogP contribution is 2.29. The second-order valence-corrected chi connectivity index (χ2v) is 5.78. The summed E-state index contributed by atoms with van der Waals surface area (Å²) in [4.78, 5) is 0. The van der Waals surface area contributed by atoms with Crippen LogP contribution in [0.4, 0.5) is 0 Å². The smallest absolute Gasteiger partial charge is 0.186 e. The zero-order chi connectivity index (χ0) is 18.1. The molecule has 2 rings (SSSR count). The molecule has 0 heterocycles. The number of rotatable bonds is 7. The van der Waals surface area contributed by atoms with Crippen LogP contribution in [-0.4, -0.2) is 25.0 Å². The van der Waals surface area contributed by atoms with Crippen LogP contribution >= 0.6 is 23.8 Å². The average molecular weight is 378 g/mol. The number of hydrazone groups is 1. The van der Waals surface area contributed by atoms with Gasteiger partial charge in [-0.05, 0) is 49.0 Å². The number of hydrogen-bond acceptors (Lipinski definition) is 4. The predicted molar refractivity (Wildman–Crippen MR) is 106 cm³/mol. The van der Waals surface area contributed by atoms with Crippen LogP contribution in [0.1, 0.15) is 18.1 Å². The second-order valence-electron chi connectivity index (χ2n) is 4.97. The van der Waals surface area contributed by atoms with Crippen molar-refractivity contribution in [2.24, 2.45) is 5.10 Å². The Labute approximate surface area is 158 Å². The van der Waals surface area contributed by atoms with Gasteiger partial charge in [-0.15, -0.1) is 0 Å². The van der Waals surface area contributed by atoms with Gasteiger partial charge < -0.3 is 14.8 Å². The van der Waals surface area contributed by atoms with E-state index in [0.29, 0.717) is 34.8 Å². The fourth-order valence-corrected chi connectivity index (χ4v) is 2.23. The van der Waals surface area contributed by atoms with Crippen molar-refractivity contribution < 1.29 is 9.47 Å². The van der Waals surface area contributed by atoms with Gasteiger partial charge in [-0.2, -0.15) is 5.10 Å². The molecule has 0 bridgehead atoms. The van der Waals surface area contributed by atoms with E-state index < -0.39 is 0 Å². The number of halogens is 1. The topological polar surface area (TPSA) is 54.9 Å². The van der Waals surface area contributed by atoms with Gasteiger partial charge in [-0.1, -0.05) is 29.8 Å². The van der Waals surface area contributed by atoms with E-state index in [1.807, 2.05) is 49.4 Å². The van der Waals surface area contributed by atoms with Crippen molar-refractivity contribution in [1.29, 1.82) is 0 Å². The minimum atomic E-state index is 0.366. The van der Waals surface area contributed by atoms with Crippen LogP contribution in [0.15, 0.2) is 47.6 Å². The maximum absolute atomic E-state index is 6.16. The second kappa shape index (κ2) is 9.86. The first kappa shape index (κ1) is 19.0. The number of hydrogen-bond donors (Lipinski definition) is 2. The molecular formula is C18H20ClN3O2S. The molecule has 2 N–H and O–H groups in total. The number of nitrogens with one attached hydrogen (secondary N) is 2. The van der Waals surface area contributed by atoms with E-state index >= 15 is 0 Å². The Balaban J connectivity index is 2.10. The monoisotopic (exact) mass is 377 g/mol. The van der Waals surface area contributed by atoms with Gasteiger partial charge in [-0.25, -0.2) is 0 Å². The van der Waals surface area contributed by atoms with E-state index in [2.05, 4.69) is 15.8 Å². The molecule has 0 spiro atoms. The zero-order valence-electron chi connectivity index (χ0n) is 14.1. The van der Waals surface area contributed by atoms with Gasteiger partial charge in [0.15, 0.2) is 16.6 Å². The van der Waals surface area contributed by atoms with Crippen LogP contribution < -0.4 is 20.2 Å². The fraction of sp³-hybridized carbons (Fsp3) is 0.222. The lowest BCUT2D eigenvalue weighted by molar-refractivity contribution is 0.269. The van der Waals surface area contributed by atoms with Crippen molar-refractivity contribution in [3.05, 3.63) is 58.6 Å². The average Bonchev–Trinajstić information content (AvgIpc) is 2.62. The molecular weight excluding hydrogens is 358 g/mol. The van der Waals surface area contributed by atoms with Crippen LogP contribution in [0.2, 0.25) is 5.02 Å². The standard InChI is InChI=1S/C18H20ClN3O2S/c1-3-23-17-10-13(11-21-22-18(25)20-2)8-9-16(17)24-12-14-6-4-5-7-15(14)19/h4-11H,3,12H2,1-2H3,(H2,20,22,25)/b21-11-. The van der Waals surface area contributed by atoms with E-state index in [0.717, 1.165) is 11.1 Å². The molecule has 25 heavy (non-hydrogen) atoms. The lowest BCUT2D eigenvalue weighted by atomic mass is 10.2. The summed E-state index contributed by atoms with van der Waals surface area (Å²) in [6.45, 7) is 2.82. The Morgan fingerprint density at radius 2 is 2.00 bits per heavy atom. The number of nitrogens with zero attached hydrogens (tertiary/aromatic N) is 1. The molecule has 0 fully saturated rings. The van der Waals surface area contributed by atoms with Crippen molar-refractivity contribution in [3.8, 4) is 11.5 Å². The van der Waals surface area contributed by atoms with E-state index in [9.17, 15) is 0 Å². The summed E-state index contributed by atoms with van der Waals surface area (Å²) in [6, 6.07) is 13.2. The van der Waals surface area contributed by atoms with Gasteiger partial charge in [0.05, 0.1) is 12.8 Å². The Bertz CT molecular complexity index is 753. The van der Waals surface area contributed by atoms with Crippen LogP contribution in [-0.2, 0) is 6.61 Å². The van der Waals surface area contributed by atoms with Crippen molar-refractivity contribution in [2.75, 3.05) is 13.7 Å². The third kappa shape index (κ3) is 5.92. The van der Waals surface area contributed by atoms with Gasteiger partial charge in [0.2, 0.25) is 0 Å². The molecule has 2 aromatic carbocycles. The summed E-state index contributed by atoms with van der Waals surface area (Å²) in [5.74, 6) is 1.30. The molecule has 0 aromatic heterocycles. The van der Waals surface area contributed by atoms with Gasteiger partial charge in [0, 0.05) is 17.6 Å². The molecule has 7 heteroatoms. The first-order valence-electron chi connectivity index (χ1n) is 7.78. The van der Waals surface area contributed by atoms with Crippen molar-refractivity contribution in [2.45, 2.75) is 13.5 Å².